The Labute approximate surface area is 848 Å². The third-order valence-electron chi connectivity index (χ3n) is 24.3. The highest BCUT2D eigenvalue weighted by molar-refractivity contribution is 6.61. The number of methoxy groups -OCH3 is 2. The predicted octanol–water partition coefficient (Wildman–Crippen LogP) is 18.3. The molecule has 0 heterocycles. The van der Waals surface area contributed by atoms with E-state index in [1.807, 2.05) is 231 Å². The molecule has 0 bridgehead atoms. The molecular formula is C118H119ClN6O20. The maximum Gasteiger partial charge on any atom is 0.514 e. The van der Waals surface area contributed by atoms with Crippen molar-refractivity contribution in [1.29, 1.82) is 0 Å². The standard InChI is InChI=1S/C59H57N3O9.C52H54N2O6.C7H4ClNO3.2H2O/c1-68-52-33-29-50(30-34-52)59(48-20-10-4-11-21-48,49-22-12-5-13-23-49)60-37-15-14-24-54(55(63)39-44-25-27-46(28-26-44)42-70-58(66)71-53-35-31-51(62-67)32-36-53)61-57(65)47(38-43-16-6-2-7-17-43)40-56(64)69-41-45-18-8-3-9-19-45;1-59-47-31-29-46(30-32-47)52(44-20-10-4-11-21-44,45-22-12-5-13-23-45)53-33-15-14-24-48(49(56)35-40-25-27-41(37-55)28-26-40)54-51(58)43(34-39-16-6-2-7-17-39)36-50(57)60-38-42-18-8-3-9-19-42;8-7(10)12-6-3-1-5(9-11)2-4-6;;/h2-13,16-23,25-36,47,54,60H,14-15,24,37-42H2,1H3,(H,61,65);2-13,16-23,25-32,43,48,53,55H,14-15,24,33-38H2,1H3,(H,54,58);1-4H;2*1H2/t47-,54+;43-,48+;;;/m11.../s1. The van der Waals surface area contributed by atoms with Crippen molar-refractivity contribution >= 4 is 69.9 Å². The number of unbranched alkanes of at least 4 members (excludes halogenated alkanes) is 2. The molecule has 2 amide bonds. The number of nitroso groups, excluding NO2 is 2. The fourth-order valence-corrected chi connectivity index (χ4v) is 16.9. The monoisotopic (exact) mass is 1970 g/mol. The van der Waals surface area contributed by atoms with Gasteiger partial charge in [-0.3, -0.25) is 39.4 Å². The van der Waals surface area contributed by atoms with E-state index in [4.69, 9.17) is 40.0 Å². The van der Waals surface area contributed by atoms with E-state index in [2.05, 4.69) is 98.8 Å². The van der Waals surface area contributed by atoms with Crippen molar-refractivity contribution in [2.24, 2.45) is 11.8 Å². The fourth-order valence-electron chi connectivity index (χ4n) is 16.8. The van der Waals surface area contributed by atoms with Crippen molar-refractivity contribution < 1.29 is 97.9 Å². The molecule has 0 aromatic heterocycles. The number of carbonyl (C=O) groups excluding carboxylic acids is 8. The zero-order valence-corrected chi connectivity index (χ0v) is 81.4. The number of nitrogens with one attached hydrogen (secondary N) is 6. The molecule has 27 heteroatoms. The number of hydrogen-bond donors (Lipinski definition) is 7. The van der Waals surface area contributed by atoms with Crippen LogP contribution in [0.2, 0.25) is 0 Å². The molecule has 0 spiro atoms. The molecule has 14 aromatic rings. The Kier molecular flexibility index (Phi) is 45.1. The molecule has 0 fully saturated rings. The second-order valence-electron chi connectivity index (χ2n) is 34.2. The molecule has 0 aliphatic carbocycles. The van der Waals surface area contributed by atoms with E-state index in [1.54, 1.807) is 61.0 Å². The zero-order valence-electron chi connectivity index (χ0n) is 80.6. The molecule has 748 valence electrons. The van der Waals surface area contributed by atoms with Crippen molar-refractivity contribution in [3.63, 3.8) is 0 Å². The lowest BCUT2D eigenvalue weighted by molar-refractivity contribution is -0.379. The van der Waals surface area contributed by atoms with Gasteiger partial charge in [0.2, 0.25) is 11.8 Å². The highest BCUT2D eigenvalue weighted by atomic mass is 35.5. The number of aliphatic hydroxyl groups excluding tert-OH is 1. The molecule has 0 saturated carbocycles. The van der Waals surface area contributed by atoms with Crippen molar-refractivity contribution in [2.45, 2.75) is 127 Å². The van der Waals surface area contributed by atoms with Gasteiger partial charge in [-0.2, -0.15) is 0 Å². The van der Waals surface area contributed by atoms with Gasteiger partial charge in [0, 0.05) is 68.9 Å². The van der Waals surface area contributed by atoms with Crippen LogP contribution in [0, 0.1) is 21.6 Å². The van der Waals surface area contributed by atoms with Crippen LogP contribution < -0.4 is 50.6 Å². The van der Waals surface area contributed by atoms with Crippen LogP contribution >= 0.6 is 11.6 Å². The number of benzene rings is 14. The van der Waals surface area contributed by atoms with Gasteiger partial charge in [0.25, 0.3) is 11.4 Å². The molecule has 0 radical (unpaired) electrons. The number of ether oxygens (including phenoxy) is 7. The summed E-state index contributed by atoms with van der Waals surface area (Å²) in [6.07, 6.45) is 2.84. The Morgan fingerprint density at radius 3 is 0.924 bits per heavy atom. The Hall–Kier alpha value is -16.1. The Bertz CT molecular complexity index is 6240. The summed E-state index contributed by atoms with van der Waals surface area (Å²) in [5.41, 5.74) is 11.2. The fraction of sp³-hybridized carbons (Fsp3) is 0.220. The van der Waals surface area contributed by atoms with Gasteiger partial charge in [-0.1, -0.05) is 315 Å². The molecule has 145 heavy (non-hydrogen) atoms. The minimum absolute atomic E-state index is 0. The van der Waals surface area contributed by atoms with E-state index < -0.39 is 64.4 Å². The van der Waals surface area contributed by atoms with Crippen LogP contribution in [0.4, 0.5) is 21.0 Å². The van der Waals surface area contributed by atoms with Crippen LogP contribution in [-0.2, 0) is 106 Å². The van der Waals surface area contributed by atoms with Crippen molar-refractivity contribution in [3.05, 3.63) is 476 Å². The lowest BCUT2D eigenvalue weighted by atomic mass is 9.77. The summed E-state index contributed by atoms with van der Waals surface area (Å²) >= 11 is 4.95. The number of Topliss-reactive ketones (excluding diaryl/α,β-unsaturated/α-hetero) is 2. The molecule has 0 aliphatic heterocycles. The first-order valence-electron chi connectivity index (χ1n) is 47.4. The van der Waals surface area contributed by atoms with E-state index in [1.165, 1.54) is 48.5 Å². The molecule has 4 atom stereocenters. The van der Waals surface area contributed by atoms with E-state index >= 15 is 0 Å². The third kappa shape index (κ3) is 34.4. The van der Waals surface area contributed by atoms with Crippen molar-refractivity contribution in [1.82, 2.24) is 21.3 Å². The summed E-state index contributed by atoms with van der Waals surface area (Å²) in [5.74, 6) is -1.61. The van der Waals surface area contributed by atoms with Gasteiger partial charge < -0.3 is 59.9 Å². The molecule has 0 aliphatic rings. The van der Waals surface area contributed by atoms with Gasteiger partial charge in [0.15, 0.2) is 11.6 Å². The number of rotatable bonds is 49. The number of halogens is 1. The smallest absolute Gasteiger partial charge is 0.514 e. The lowest BCUT2D eigenvalue weighted by Gasteiger charge is -2.37. The summed E-state index contributed by atoms with van der Waals surface area (Å²) in [5, 5.41) is 27.0. The maximum absolute atomic E-state index is 14.4. The number of carbonyl (C=O) groups is 8. The summed E-state index contributed by atoms with van der Waals surface area (Å²) in [7, 11) is 3.31. The minimum Gasteiger partial charge on any atom is -0.870 e. The first-order chi connectivity index (χ1) is 69.8. The Balaban J connectivity index is 0.000000265. The molecule has 0 saturated heterocycles. The molecule has 0 unspecified atom stereocenters. The van der Waals surface area contributed by atoms with E-state index in [-0.39, 0.29) is 92.7 Å². The summed E-state index contributed by atoms with van der Waals surface area (Å²) in [6.45, 7) is 1.19. The van der Waals surface area contributed by atoms with Gasteiger partial charge in [-0.25, -0.2) is 9.59 Å². The Morgan fingerprint density at radius 1 is 0.324 bits per heavy atom. The first-order valence-corrected chi connectivity index (χ1v) is 47.8. The van der Waals surface area contributed by atoms with Gasteiger partial charge in [0.05, 0.1) is 68.7 Å². The topological polar surface area (TPSA) is 392 Å². The lowest BCUT2D eigenvalue weighted by Crippen LogP contribution is -2.55. The van der Waals surface area contributed by atoms with Gasteiger partial charge >= 0.3 is 23.5 Å². The van der Waals surface area contributed by atoms with E-state index in [9.17, 15) is 53.3 Å². The van der Waals surface area contributed by atoms with Gasteiger partial charge in [-0.15, -0.1) is 0 Å². The number of esters is 2. The number of aliphatic hydroxyl groups is 1. The quantitative estimate of drug-likeness (QED) is 0.00465. The molecule has 14 rings (SSSR count). The minimum atomic E-state index is -0.914. The molecule has 14 aromatic carbocycles. The van der Waals surface area contributed by atoms with Crippen LogP contribution in [-0.4, -0.2) is 102 Å². The summed E-state index contributed by atoms with van der Waals surface area (Å²) < 4.78 is 37.3. The van der Waals surface area contributed by atoms with Crippen LogP contribution in [0.1, 0.15) is 129 Å². The SMILES string of the molecule is COc1ccc(C(NCCCC[C@H](NC(=O)[C@@H](CC(=O)OCc2ccccc2)Cc2ccccc2)C(=O)Cc2ccc(CO)cc2)(c2ccccc2)c2ccccc2)cc1.COc1ccc(C(NCCCC[C@H](NC(=O)[C@@H](CC(=O)OCc2ccccc2)Cc2ccccc2)C(=O)Cc2ccc(COC(=O)Oc3ccc([NH+]=O)cc3)cc2)(c2ccccc2)c2ccccc2)cc1.O=[NH+]c1ccc(OC(=O)Cl)cc1.[OH-].[OH-]. The molecule has 26 nitrogen and oxygen atoms in total. The third-order valence-corrected chi connectivity index (χ3v) is 24.4. The van der Waals surface area contributed by atoms with E-state index in [0.29, 0.717) is 86.3 Å². The zero-order chi connectivity index (χ0) is 101. The number of hydrogen-bond acceptors (Lipinski definition) is 22. The highest BCUT2D eigenvalue weighted by Crippen LogP contribution is 2.40. The van der Waals surface area contributed by atoms with Gasteiger partial charge in [-0.05, 0) is 191 Å². The second-order valence-corrected chi connectivity index (χ2v) is 34.5. The number of ketones is 2. The van der Waals surface area contributed by atoms with Crippen molar-refractivity contribution in [2.75, 3.05) is 27.3 Å². The Morgan fingerprint density at radius 2 is 0.607 bits per heavy atom. The summed E-state index contributed by atoms with van der Waals surface area (Å²) in [4.78, 5) is 127. The molecule has 9 N–H and O–H groups in total. The van der Waals surface area contributed by atoms with Gasteiger partial charge in [0.1, 0.15) is 42.8 Å². The van der Waals surface area contributed by atoms with Crippen LogP contribution in [0.3, 0.4) is 0 Å². The second kappa shape index (κ2) is 59.0. The maximum atomic E-state index is 14.4. The van der Waals surface area contributed by atoms with Crippen molar-refractivity contribution in [3.8, 4) is 23.0 Å². The predicted molar refractivity (Wildman–Crippen MR) is 552 cm³/mol. The first kappa shape index (κ1) is 111. The molecular weight excluding hydrogens is 1860 g/mol. The average Bonchev–Trinajstić information content (AvgIpc) is 0.758. The largest absolute Gasteiger partial charge is 0.870 e. The normalized spacial score (nSPS) is 11.6. The highest BCUT2D eigenvalue weighted by Gasteiger charge is 2.39. The average molecular weight is 1980 g/mol. The van der Waals surface area contributed by atoms with Crippen LogP contribution in [0.15, 0.2) is 388 Å². The van der Waals surface area contributed by atoms with Crippen LogP contribution in [0.5, 0.6) is 23.0 Å². The number of amides is 2. The van der Waals surface area contributed by atoms with Crippen LogP contribution in [0.25, 0.3) is 0 Å². The summed E-state index contributed by atoms with van der Waals surface area (Å²) in [6, 6.07) is 120. The van der Waals surface area contributed by atoms with E-state index in [0.717, 1.165) is 78.3 Å².